The lowest BCUT2D eigenvalue weighted by Gasteiger charge is -2.04. The predicted molar refractivity (Wildman–Crippen MR) is 91.5 cm³/mol. The fourth-order valence-corrected chi connectivity index (χ4v) is 2.95. The maximum Gasteiger partial charge on any atom is 0.221 e. The zero-order chi connectivity index (χ0) is 15.4. The van der Waals surface area contributed by atoms with Gasteiger partial charge in [-0.2, -0.15) is 0 Å². The molecule has 0 saturated heterocycles. The monoisotopic (exact) mass is 410 g/mol. The Bertz CT molecular complexity index is 715. The van der Waals surface area contributed by atoms with Gasteiger partial charge in [0.1, 0.15) is 5.75 Å². The van der Waals surface area contributed by atoms with Crippen molar-refractivity contribution in [2.24, 2.45) is 4.99 Å². The summed E-state index contributed by atoms with van der Waals surface area (Å²) in [4.78, 5) is 15.3. The van der Waals surface area contributed by atoms with Crippen LogP contribution in [0.3, 0.4) is 0 Å². The summed E-state index contributed by atoms with van der Waals surface area (Å²) in [5.74, 6) is -0.00957. The zero-order valence-electron chi connectivity index (χ0n) is 11.1. The number of anilines is 1. The Hall–Kier alpha value is -1.66. The summed E-state index contributed by atoms with van der Waals surface area (Å²) in [6.07, 6.45) is 1.57. The van der Waals surface area contributed by atoms with E-state index in [4.69, 9.17) is 0 Å². The van der Waals surface area contributed by atoms with Gasteiger partial charge < -0.3 is 10.4 Å². The molecule has 2 aromatic carbocycles. The molecule has 0 atom stereocenters. The van der Waals surface area contributed by atoms with Gasteiger partial charge in [-0.05, 0) is 46.3 Å². The topological polar surface area (TPSA) is 61.7 Å². The van der Waals surface area contributed by atoms with Crippen molar-refractivity contribution < 1.29 is 9.90 Å². The summed E-state index contributed by atoms with van der Waals surface area (Å²) >= 11 is 6.63. The van der Waals surface area contributed by atoms with Crippen LogP contribution < -0.4 is 5.32 Å². The highest BCUT2D eigenvalue weighted by molar-refractivity contribution is 9.11. The third-order valence-electron chi connectivity index (χ3n) is 2.58. The maximum atomic E-state index is 11.0. The fraction of sp³-hybridized carbons (Fsp3) is 0.0667. The first-order valence-electron chi connectivity index (χ1n) is 6.05. The predicted octanol–water partition coefficient (Wildman–Crippen LogP) is 4.63. The van der Waals surface area contributed by atoms with Crippen molar-refractivity contribution in [2.45, 2.75) is 6.92 Å². The summed E-state index contributed by atoms with van der Waals surface area (Å²) in [7, 11) is 0. The first-order chi connectivity index (χ1) is 9.95. The number of phenols is 1. The van der Waals surface area contributed by atoms with Crippen LogP contribution in [0.5, 0.6) is 5.75 Å². The normalized spacial score (nSPS) is 10.8. The Kier molecular flexibility index (Phi) is 5.14. The Morgan fingerprint density at radius 3 is 2.76 bits per heavy atom. The number of carbonyl (C=O) groups is 1. The molecule has 0 aliphatic rings. The Morgan fingerprint density at radius 2 is 2.05 bits per heavy atom. The summed E-state index contributed by atoms with van der Waals surface area (Å²) < 4.78 is 1.42. The van der Waals surface area contributed by atoms with Gasteiger partial charge in [0.15, 0.2) is 0 Å². The van der Waals surface area contributed by atoms with E-state index in [1.807, 2.05) is 6.07 Å². The second-order valence-electron chi connectivity index (χ2n) is 4.32. The van der Waals surface area contributed by atoms with Crippen molar-refractivity contribution in [1.29, 1.82) is 0 Å². The number of halogens is 2. The third kappa shape index (κ3) is 4.41. The molecule has 0 spiro atoms. The van der Waals surface area contributed by atoms with E-state index in [0.29, 0.717) is 21.4 Å². The van der Waals surface area contributed by atoms with E-state index in [0.717, 1.165) is 4.47 Å². The van der Waals surface area contributed by atoms with Crippen molar-refractivity contribution in [3.63, 3.8) is 0 Å². The Balaban J connectivity index is 2.27. The van der Waals surface area contributed by atoms with Gasteiger partial charge >= 0.3 is 0 Å². The van der Waals surface area contributed by atoms with E-state index in [2.05, 4.69) is 42.2 Å². The van der Waals surface area contributed by atoms with Gasteiger partial charge in [0.05, 0.1) is 10.2 Å². The minimum absolute atomic E-state index is 0.125. The number of aliphatic imine (C=N–C) groups is 1. The molecule has 0 aliphatic heterocycles. The molecular weight excluding hydrogens is 400 g/mol. The number of hydrogen-bond donors (Lipinski definition) is 2. The van der Waals surface area contributed by atoms with Crippen LogP contribution in [0.4, 0.5) is 11.4 Å². The summed E-state index contributed by atoms with van der Waals surface area (Å²) in [6.45, 7) is 1.45. The molecule has 0 bridgehead atoms. The Morgan fingerprint density at radius 1 is 1.29 bits per heavy atom. The first-order valence-corrected chi connectivity index (χ1v) is 7.64. The quantitative estimate of drug-likeness (QED) is 0.723. The number of hydrogen-bond acceptors (Lipinski definition) is 3. The molecule has 4 nitrogen and oxygen atoms in total. The minimum Gasteiger partial charge on any atom is -0.506 e. The van der Waals surface area contributed by atoms with Crippen molar-refractivity contribution in [2.75, 3.05) is 5.32 Å². The van der Waals surface area contributed by atoms with Crippen LogP contribution >= 0.6 is 31.9 Å². The maximum absolute atomic E-state index is 11.0. The second kappa shape index (κ2) is 6.87. The van der Waals surface area contributed by atoms with E-state index in [1.165, 1.54) is 6.92 Å². The molecule has 108 valence electrons. The molecule has 0 unspecified atom stereocenters. The molecule has 0 aliphatic carbocycles. The standard InChI is InChI=1S/C15H12Br2N2O2/c1-9(20)19-13-4-2-3-12(7-13)18-8-10-5-11(16)6-14(17)15(10)21/h2-8,21H,1H3,(H,19,20). The van der Waals surface area contributed by atoms with Crippen LogP contribution in [0.2, 0.25) is 0 Å². The van der Waals surface area contributed by atoms with E-state index in [1.54, 1.807) is 36.5 Å². The molecule has 1 amide bonds. The van der Waals surface area contributed by atoms with Crippen LogP contribution in [0.15, 0.2) is 50.3 Å². The van der Waals surface area contributed by atoms with Crippen LogP contribution in [0.1, 0.15) is 12.5 Å². The molecule has 0 aromatic heterocycles. The summed E-state index contributed by atoms with van der Waals surface area (Å²) in [6, 6.07) is 10.7. The van der Waals surface area contributed by atoms with Gasteiger partial charge in [-0.3, -0.25) is 9.79 Å². The highest BCUT2D eigenvalue weighted by Gasteiger charge is 2.05. The van der Waals surface area contributed by atoms with Crippen molar-refractivity contribution in [1.82, 2.24) is 0 Å². The second-order valence-corrected chi connectivity index (χ2v) is 6.09. The number of carbonyl (C=O) groups excluding carboxylic acids is 1. The molecule has 21 heavy (non-hydrogen) atoms. The van der Waals surface area contributed by atoms with Gasteiger partial charge in [0.25, 0.3) is 0 Å². The zero-order valence-corrected chi connectivity index (χ0v) is 14.3. The number of benzene rings is 2. The van der Waals surface area contributed by atoms with Crippen LogP contribution in [0, 0.1) is 0 Å². The molecule has 0 fully saturated rings. The molecule has 2 aromatic rings. The van der Waals surface area contributed by atoms with E-state index in [-0.39, 0.29) is 11.7 Å². The third-order valence-corrected chi connectivity index (χ3v) is 3.64. The van der Waals surface area contributed by atoms with Crippen LogP contribution in [-0.4, -0.2) is 17.2 Å². The van der Waals surface area contributed by atoms with Crippen LogP contribution in [0.25, 0.3) is 0 Å². The lowest BCUT2D eigenvalue weighted by Crippen LogP contribution is -2.05. The van der Waals surface area contributed by atoms with Crippen molar-refractivity contribution in [3.05, 3.63) is 50.9 Å². The molecule has 0 saturated carbocycles. The minimum atomic E-state index is -0.135. The smallest absolute Gasteiger partial charge is 0.221 e. The average Bonchev–Trinajstić information content (AvgIpc) is 2.41. The lowest BCUT2D eigenvalue weighted by atomic mass is 10.2. The van der Waals surface area contributed by atoms with Gasteiger partial charge in [-0.15, -0.1) is 0 Å². The van der Waals surface area contributed by atoms with Crippen LogP contribution in [-0.2, 0) is 4.79 Å². The molecule has 6 heteroatoms. The number of phenolic OH excluding ortho intramolecular Hbond substituents is 1. The molecule has 0 radical (unpaired) electrons. The molecule has 0 heterocycles. The Labute approximate surface area is 139 Å². The SMILES string of the molecule is CC(=O)Nc1cccc(N=Cc2cc(Br)cc(Br)c2O)c1. The molecule has 2 rings (SSSR count). The number of nitrogens with one attached hydrogen (secondary N) is 1. The molecular formula is C15H12Br2N2O2. The van der Waals surface area contributed by atoms with E-state index >= 15 is 0 Å². The number of rotatable bonds is 3. The lowest BCUT2D eigenvalue weighted by molar-refractivity contribution is -0.114. The van der Waals surface area contributed by atoms with Gasteiger partial charge in [-0.1, -0.05) is 22.0 Å². The van der Waals surface area contributed by atoms with Crippen molar-refractivity contribution >= 4 is 55.4 Å². The molecule has 2 N–H and O–H groups in total. The average molecular weight is 412 g/mol. The van der Waals surface area contributed by atoms with Gasteiger partial charge in [0, 0.05) is 28.9 Å². The van der Waals surface area contributed by atoms with Gasteiger partial charge in [-0.25, -0.2) is 0 Å². The fourth-order valence-electron chi connectivity index (χ4n) is 1.70. The number of amides is 1. The summed E-state index contributed by atoms with van der Waals surface area (Å²) in [5.41, 5.74) is 1.94. The largest absolute Gasteiger partial charge is 0.506 e. The van der Waals surface area contributed by atoms with E-state index < -0.39 is 0 Å². The first kappa shape index (κ1) is 15.7. The van der Waals surface area contributed by atoms with E-state index in [9.17, 15) is 9.90 Å². The number of nitrogens with zero attached hydrogens (tertiary/aromatic N) is 1. The van der Waals surface area contributed by atoms with Gasteiger partial charge in [0.2, 0.25) is 5.91 Å². The number of aromatic hydroxyl groups is 1. The highest BCUT2D eigenvalue weighted by Crippen LogP contribution is 2.31. The highest BCUT2D eigenvalue weighted by atomic mass is 79.9. The summed E-state index contributed by atoms with van der Waals surface area (Å²) in [5, 5.41) is 12.7. The van der Waals surface area contributed by atoms with Crippen molar-refractivity contribution in [3.8, 4) is 5.75 Å².